The predicted octanol–water partition coefficient (Wildman–Crippen LogP) is 5.11. The molecule has 29 heavy (non-hydrogen) atoms. The molecule has 1 N–H and O–H groups in total. The smallest absolute Gasteiger partial charge is 0.121 e. The molecule has 2 aromatic rings. The van der Waals surface area contributed by atoms with E-state index in [0.717, 1.165) is 57.1 Å². The number of aryl methyl sites for hydroxylation is 1. The lowest BCUT2D eigenvalue weighted by Crippen LogP contribution is -2.46. The van der Waals surface area contributed by atoms with Crippen LogP contribution in [-0.2, 0) is 6.42 Å². The van der Waals surface area contributed by atoms with Crippen LogP contribution in [0.25, 0.3) is 0 Å². The standard InChI is InChI=1S/C23H27Cl2N3O/c24-20-6-3-7-22(23(20)25)28-14-12-27(13-15-28)11-1-2-16-29-19-9-8-18-5-4-10-26-21(18)17-19/h1-3,6-9,17,26H,4-5,10-16H2. The average Bonchev–Trinajstić information content (AvgIpc) is 2.76. The lowest BCUT2D eigenvalue weighted by molar-refractivity contribution is 0.283. The van der Waals surface area contributed by atoms with E-state index in [4.69, 9.17) is 27.9 Å². The van der Waals surface area contributed by atoms with Crippen LogP contribution in [0.3, 0.4) is 0 Å². The zero-order valence-corrected chi connectivity index (χ0v) is 18.1. The maximum atomic E-state index is 6.35. The van der Waals surface area contributed by atoms with Crippen molar-refractivity contribution in [3.63, 3.8) is 0 Å². The predicted molar refractivity (Wildman–Crippen MR) is 123 cm³/mol. The molecule has 0 saturated carbocycles. The fourth-order valence-corrected chi connectivity index (χ4v) is 4.29. The highest BCUT2D eigenvalue weighted by molar-refractivity contribution is 6.43. The van der Waals surface area contributed by atoms with Crippen molar-refractivity contribution in [2.75, 3.05) is 56.1 Å². The maximum absolute atomic E-state index is 6.35. The van der Waals surface area contributed by atoms with Crippen molar-refractivity contribution in [2.24, 2.45) is 0 Å². The van der Waals surface area contributed by atoms with Gasteiger partial charge in [0.15, 0.2) is 0 Å². The molecule has 1 fully saturated rings. The van der Waals surface area contributed by atoms with Crippen molar-refractivity contribution in [3.8, 4) is 5.75 Å². The minimum absolute atomic E-state index is 0.594. The summed E-state index contributed by atoms with van der Waals surface area (Å²) >= 11 is 12.5. The quantitative estimate of drug-likeness (QED) is 0.643. The largest absolute Gasteiger partial charge is 0.489 e. The Kier molecular flexibility index (Phi) is 6.86. The summed E-state index contributed by atoms with van der Waals surface area (Å²) in [5, 5.41) is 4.71. The first-order valence-electron chi connectivity index (χ1n) is 10.3. The molecule has 154 valence electrons. The van der Waals surface area contributed by atoms with Crippen LogP contribution in [-0.4, -0.2) is 50.8 Å². The highest BCUT2D eigenvalue weighted by atomic mass is 35.5. The van der Waals surface area contributed by atoms with Crippen LogP contribution in [0.4, 0.5) is 11.4 Å². The Bertz CT molecular complexity index is 863. The van der Waals surface area contributed by atoms with Crippen LogP contribution in [0.1, 0.15) is 12.0 Å². The molecule has 0 radical (unpaired) electrons. The molecule has 0 atom stereocenters. The number of piperazine rings is 1. The summed E-state index contributed by atoms with van der Waals surface area (Å²) in [6.07, 6.45) is 6.65. The van der Waals surface area contributed by atoms with Crippen molar-refractivity contribution in [3.05, 3.63) is 64.2 Å². The third kappa shape index (κ3) is 5.19. The van der Waals surface area contributed by atoms with E-state index in [1.165, 1.54) is 17.7 Å². The Morgan fingerprint density at radius 3 is 2.76 bits per heavy atom. The van der Waals surface area contributed by atoms with Gasteiger partial charge >= 0.3 is 0 Å². The first-order valence-corrected chi connectivity index (χ1v) is 11.0. The van der Waals surface area contributed by atoms with E-state index in [-0.39, 0.29) is 0 Å². The molecule has 0 aliphatic carbocycles. The third-order valence-electron chi connectivity index (χ3n) is 5.54. The number of hydrogen-bond acceptors (Lipinski definition) is 4. The van der Waals surface area contributed by atoms with Crippen LogP contribution in [0.2, 0.25) is 10.0 Å². The highest BCUT2D eigenvalue weighted by Crippen LogP contribution is 2.32. The van der Waals surface area contributed by atoms with Crippen LogP contribution in [0, 0.1) is 0 Å². The van der Waals surface area contributed by atoms with E-state index in [1.54, 1.807) is 0 Å². The van der Waals surface area contributed by atoms with Gasteiger partial charge in [0.05, 0.1) is 15.7 Å². The molecule has 2 aromatic carbocycles. The molecule has 0 amide bonds. The number of halogens is 2. The Hall–Kier alpha value is -1.88. The van der Waals surface area contributed by atoms with Crippen LogP contribution in [0.15, 0.2) is 48.6 Å². The van der Waals surface area contributed by atoms with Crippen LogP contribution >= 0.6 is 23.2 Å². The van der Waals surface area contributed by atoms with Crippen molar-refractivity contribution < 1.29 is 4.74 Å². The van der Waals surface area contributed by atoms with Gasteiger partial charge in [-0.1, -0.05) is 47.5 Å². The fourth-order valence-electron chi connectivity index (χ4n) is 3.87. The van der Waals surface area contributed by atoms with Crippen LogP contribution < -0.4 is 15.0 Å². The molecule has 6 heteroatoms. The SMILES string of the molecule is Clc1cccc(N2CCN(CC=CCOc3ccc4c(c3)NCCC4)CC2)c1Cl. The van der Waals surface area contributed by atoms with Crippen molar-refractivity contribution in [1.29, 1.82) is 0 Å². The Morgan fingerprint density at radius 1 is 1.03 bits per heavy atom. The van der Waals surface area contributed by atoms with Gasteiger partial charge < -0.3 is 15.0 Å². The summed E-state index contributed by atoms with van der Waals surface area (Å²) in [7, 11) is 0. The van der Waals surface area contributed by atoms with Gasteiger partial charge in [0.25, 0.3) is 0 Å². The molecule has 4 rings (SSSR count). The summed E-state index contributed by atoms with van der Waals surface area (Å²) in [5.74, 6) is 0.926. The van der Waals surface area contributed by atoms with Gasteiger partial charge in [-0.25, -0.2) is 0 Å². The lowest BCUT2D eigenvalue weighted by Gasteiger charge is -2.36. The normalized spacial score (nSPS) is 17.2. The number of anilines is 2. The van der Waals surface area contributed by atoms with E-state index in [9.17, 15) is 0 Å². The van der Waals surface area contributed by atoms with E-state index >= 15 is 0 Å². The minimum atomic E-state index is 0.594. The summed E-state index contributed by atoms with van der Waals surface area (Å²) in [4.78, 5) is 4.75. The number of hydrogen-bond donors (Lipinski definition) is 1. The number of fused-ring (bicyclic) bond motifs is 1. The molecule has 2 aliphatic rings. The zero-order valence-electron chi connectivity index (χ0n) is 16.5. The van der Waals surface area contributed by atoms with Gasteiger partial charge in [-0.2, -0.15) is 0 Å². The van der Waals surface area contributed by atoms with Gasteiger partial charge in [-0.3, -0.25) is 4.90 Å². The minimum Gasteiger partial charge on any atom is -0.489 e. The van der Waals surface area contributed by atoms with Gasteiger partial charge in [-0.15, -0.1) is 0 Å². The molecule has 4 nitrogen and oxygen atoms in total. The number of ether oxygens (including phenoxy) is 1. The second-order valence-corrected chi connectivity index (χ2v) is 8.28. The highest BCUT2D eigenvalue weighted by Gasteiger charge is 2.19. The molecule has 0 spiro atoms. The molecule has 2 heterocycles. The molecule has 0 aromatic heterocycles. The third-order valence-corrected chi connectivity index (χ3v) is 6.35. The van der Waals surface area contributed by atoms with Gasteiger partial charge in [0.1, 0.15) is 12.4 Å². The molecule has 0 unspecified atom stereocenters. The Labute approximate surface area is 183 Å². The van der Waals surface area contributed by atoms with Crippen LogP contribution in [0.5, 0.6) is 5.75 Å². The summed E-state index contributed by atoms with van der Waals surface area (Å²) in [5.41, 5.74) is 3.63. The van der Waals surface area contributed by atoms with E-state index in [1.807, 2.05) is 18.2 Å². The zero-order chi connectivity index (χ0) is 20.1. The summed E-state index contributed by atoms with van der Waals surface area (Å²) in [6, 6.07) is 12.2. The van der Waals surface area contributed by atoms with E-state index < -0.39 is 0 Å². The molecular weight excluding hydrogens is 405 g/mol. The van der Waals surface area contributed by atoms with Crippen molar-refractivity contribution in [1.82, 2.24) is 4.90 Å². The number of benzene rings is 2. The molecule has 2 aliphatic heterocycles. The number of nitrogens with one attached hydrogen (secondary N) is 1. The van der Waals surface area contributed by atoms with Crippen molar-refractivity contribution >= 4 is 34.6 Å². The van der Waals surface area contributed by atoms with Gasteiger partial charge in [-0.05, 0) is 36.6 Å². The second-order valence-electron chi connectivity index (χ2n) is 7.49. The first-order chi connectivity index (χ1) is 14.2. The maximum Gasteiger partial charge on any atom is 0.121 e. The first kappa shape index (κ1) is 20.4. The monoisotopic (exact) mass is 431 g/mol. The van der Waals surface area contributed by atoms with Crippen molar-refractivity contribution in [2.45, 2.75) is 12.8 Å². The molecule has 0 bridgehead atoms. The summed E-state index contributed by atoms with van der Waals surface area (Å²) < 4.78 is 5.88. The second kappa shape index (κ2) is 9.75. The molecule has 1 saturated heterocycles. The van der Waals surface area contributed by atoms with Gasteiger partial charge in [0.2, 0.25) is 0 Å². The number of rotatable bonds is 6. The summed E-state index contributed by atoms with van der Waals surface area (Å²) in [6.45, 7) is 6.49. The molecular formula is C23H27Cl2N3O. The average molecular weight is 432 g/mol. The Balaban J connectivity index is 1.20. The number of nitrogens with zero attached hydrogens (tertiary/aromatic N) is 2. The van der Waals surface area contributed by atoms with E-state index in [0.29, 0.717) is 16.7 Å². The lowest BCUT2D eigenvalue weighted by atomic mass is 10.0. The topological polar surface area (TPSA) is 27.7 Å². The van der Waals surface area contributed by atoms with E-state index in [2.05, 4.69) is 45.5 Å². The fraction of sp³-hybridized carbons (Fsp3) is 0.391. The van der Waals surface area contributed by atoms with Gasteiger partial charge in [0, 0.05) is 51.0 Å². The Morgan fingerprint density at radius 2 is 1.90 bits per heavy atom.